The summed E-state index contributed by atoms with van der Waals surface area (Å²) in [5.74, 6) is 0.632. The molecular formula is C21H30N4O4S. The van der Waals surface area contributed by atoms with Crippen LogP contribution in [0.5, 0.6) is 5.75 Å². The first-order valence-electron chi connectivity index (χ1n) is 10.2. The fourth-order valence-corrected chi connectivity index (χ4v) is 4.13. The molecule has 0 unspecified atom stereocenters. The van der Waals surface area contributed by atoms with E-state index in [1.165, 1.54) is 6.26 Å². The Bertz CT molecular complexity index is 972. The van der Waals surface area contributed by atoms with Crippen LogP contribution in [0.4, 0.5) is 4.79 Å². The van der Waals surface area contributed by atoms with E-state index < -0.39 is 9.84 Å². The molecule has 1 fully saturated rings. The molecule has 1 aliphatic rings. The molecular weight excluding hydrogens is 404 g/mol. The molecule has 2 heterocycles. The van der Waals surface area contributed by atoms with Gasteiger partial charge in [-0.2, -0.15) is 5.10 Å². The Morgan fingerprint density at radius 2 is 1.83 bits per heavy atom. The predicted molar refractivity (Wildman–Crippen MR) is 115 cm³/mol. The van der Waals surface area contributed by atoms with Gasteiger partial charge in [-0.3, -0.25) is 9.58 Å². The standard InChI is InChI=1S/C21H30N4O4S/c1-17-20(18(2)25(22-17)14-15-30(3,27)28)16-23-10-7-11-24(13-12-23)21(26)29-19-8-5-4-6-9-19/h4-6,8-9H,7,10-16H2,1-3H3. The molecule has 3 rings (SSSR count). The molecule has 0 aliphatic carbocycles. The molecule has 0 saturated carbocycles. The van der Waals surface area contributed by atoms with E-state index in [9.17, 15) is 13.2 Å². The van der Waals surface area contributed by atoms with Crippen molar-refractivity contribution < 1.29 is 17.9 Å². The number of carbonyl (C=O) groups excluding carboxylic acids is 1. The molecule has 164 valence electrons. The SMILES string of the molecule is Cc1nn(CCS(C)(=O)=O)c(C)c1CN1CCCN(C(=O)Oc2ccccc2)CC1. The summed E-state index contributed by atoms with van der Waals surface area (Å²) in [7, 11) is -3.03. The number of sulfone groups is 1. The van der Waals surface area contributed by atoms with Crippen molar-refractivity contribution in [1.82, 2.24) is 19.6 Å². The van der Waals surface area contributed by atoms with Crippen molar-refractivity contribution in [3.63, 3.8) is 0 Å². The second kappa shape index (κ2) is 9.61. The Kier molecular flexibility index (Phi) is 7.14. The molecule has 0 radical (unpaired) electrons. The van der Waals surface area contributed by atoms with E-state index in [1.54, 1.807) is 21.7 Å². The van der Waals surface area contributed by atoms with Gasteiger partial charge >= 0.3 is 6.09 Å². The number of hydrogen-bond acceptors (Lipinski definition) is 6. The van der Waals surface area contributed by atoms with Crippen LogP contribution in [-0.2, 0) is 22.9 Å². The lowest BCUT2D eigenvalue weighted by Crippen LogP contribution is -2.37. The summed E-state index contributed by atoms with van der Waals surface area (Å²) in [6.07, 6.45) is 1.79. The molecule has 1 aliphatic heterocycles. The fraction of sp³-hybridized carbons (Fsp3) is 0.524. The maximum atomic E-state index is 12.5. The van der Waals surface area contributed by atoms with Gasteiger partial charge in [-0.25, -0.2) is 13.2 Å². The summed E-state index contributed by atoms with van der Waals surface area (Å²) in [6.45, 7) is 7.93. The third-order valence-electron chi connectivity index (χ3n) is 5.38. The molecule has 1 saturated heterocycles. The third kappa shape index (κ3) is 6.06. The number of aromatic nitrogens is 2. The first-order valence-corrected chi connectivity index (χ1v) is 12.2. The maximum Gasteiger partial charge on any atom is 0.415 e. The van der Waals surface area contributed by atoms with Gasteiger partial charge in [0.1, 0.15) is 15.6 Å². The summed E-state index contributed by atoms with van der Waals surface area (Å²) in [5.41, 5.74) is 3.05. The van der Waals surface area contributed by atoms with E-state index in [0.717, 1.165) is 43.0 Å². The lowest BCUT2D eigenvalue weighted by atomic mass is 10.2. The predicted octanol–water partition coefficient (Wildman–Crippen LogP) is 2.25. The number of para-hydroxylation sites is 1. The number of amides is 1. The van der Waals surface area contributed by atoms with Crippen LogP contribution in [0.3, 0.4) is 0 Å². The summed E-state index contributed by atoms with van der Waals surface area (Å²) in [5, 5.41) is 4.53. The van der Waals surface area contributed by atoms with Crippen LogP contribution in [0.25, 0.3) is 0 Å². The van der Waals surface area contributed by atoms with E-state index in [1.807, 2.05) is 32.0 Å². The van der Waals surface area contributed by atoms with Crippen LogP contribution in [0.2, 0.25) is 0 Å². The quantitative estimate of drug-likeness (QED) is 0.693. The van der Waals surface area contributed by atoms with Gasteiger partial charge in [-0.15, -0.1) is 0 Å². The number of benzene rings is 1. The van der Waals surface area contributed by atoms with Crippen molar-refractivity contribution in [2.45, 2.75) is 33.4 Å². The van der Waals surface area contributed by atoms with E-state index >= 15 is 0 Å². The lowest BCUT2D eigenvalue weighted by Gasteiger charge is -2.21. The molecule has 30 heavy (non-hydrogen) atoms. The van der Waals surface area contributed by atoms with Crippen LogP contribution in [-0.4, -0.2) is 72.3 Å². The molecule has 0 atom stereocenters. The molecule has 1 aromatic carbocycles. The van der Waals surface area contributed by atoms with Gasteiger partial charge in [0.15, 0.2) is 0 Å². The van der Waals surface area contributed by atoms with Gasteiger partial charge in [0.05, 0.1) is 18.0 Å². The van der Waals surface area contributed by atoms with E-state index in [2.05, 4.69) is 10.00 Å². The third-order valence-corrected chi connectivity index (χ3v) is 6.31. The van der Waals surface area contributed by atoms with Crippen molar-refractivity contribution in [2.75, 3.05) is 38.2 Å². The Morgan fingerprint density at radius 3 is 2.53 bits per heavy atom. The Labute approximate surface area is 178 Å². The number of carbonyl (C=O) groups is 1. The van der Waals surface area contributed by atoms with Gasteiger partial charge in [0.2, 0.25) is 0 Å². The van der Waals surface area contributed by atoms with Crippen molar-refractivity contribution in [2.24, 2.45) is 0 Å². The minimum absolute atomic E-state index is 0.0800. The summed E-state index contributed by atoms with van der Waals surface area (Å²) >= 11 is 0. The number of aryl methyl sites for hydroxylation is 2. The van der Waals surface area contributed by atoms with Gasteiger partial charge < -0.3 is 9.64 Å². The zero-order valence-electron chi connectivity index (χ0n) is 17.9. The number of ether oxygens (including phenoxy) is 1. The van der Waals surface area contributed by atoms with Crippen molar-refractivity contribution in [3.05, 3.63) is 47.3 Å². The fourth-order valence-electron chi connectivity index (χ4n) is 3.62. The van der Waals surface area contributed by atoms with Crippen molar-refractivity contribution in [1.29, 1.82) is 0 Å². The van der Waals surface area contributed by atoms with Crippen molar-refractivity contribution >= 4 is 15.9 Å². The van der Waals surface area contributed by atoms with Crippen molar-refractivity contribution in [3.8, 4) is 5.75 Å². The van der Waals surface area contributed by atoms with Crippen LogP contribution in [0, 0.1) is 13.8 Å². The topological polar surface area (TPSA) is 84.7 Å². The van der Waals surface area contributed by atoms with Crippen LogP contribution < -0.4 is 4.74 Å². The first kappa shape index (κ1) is 22.3. The average molecular weight is 435 g/mol. The lowest BCUT2D eigenvalue weighted by molar-refractivity contribution is 0.153. The van der Waals surface area contributed by atoms with Crippen LogP contribution in [0.1, 0.15) is 23.4 Å². The van der Waals surface area contributed by atoms with Gasteiger partial charge in [-0.05, 0) is 32.4 Å². The van der Waals surface area contributed by atoms with Crippen LogP contribution >= 0.6 is 0 Å². The molecule has 1 amide bonds. The molecule has 9 heteroatoms. The number of nitrogens with zero attached hydrogens (tertiary/aromatic N) is 4. The van der Waals surface area contributed by atoms with E-state index in [-0.39, 0.29) is 11.8 Å². The second-order valence-electron chi connectivity index (χ2n) is 7.80. The molecule has 0 spiro atoms. The monoisotopic (exact) mass is 434 g/mol. The molecule has 0 N–H and O–H groups in total. The number of hydrogen-bond donors (Lipinski definition) is 0. The Balaban J connectivity index is 1.58. The van der Waals surface area contributed by atoms with Gasteiger partial charge in [0.25, 0.3) is 0 Å². The average Bonchev–Trinajstić information content (AvgIpc) is 2.86. The first-order chi connectivity index (χ1) is 14.2. The van der Waals surface area contributed by atoms with Gasteiger partial charge in [-0.1, -0.05) is 18.2 Å². The summed E-state index contributed by atoms with van der Waals surface area (Å²) < 4.78 is 30.2. The Hall–Kier alpha value is -2.39. The van der Waals surface area contributed by atoms with E-state index in [0.29, 0.717) is 25.4 Å². The van der Waals surface area contributed by atoms with Gasteiger partial charge in [0, 0.05) is 50.2 Å². The highest BCUT2D eigenvalue weighted by atomic mass is 32.2. The zero-order valence-corrected chi connectivity index (χ0v) is 18.7. The molecule has 2 aromatic rings. The molecule has 1 aromatic heterocycles. The second-order valence-corrected chi connectivity index (χ2v) is 10.1. The van der Waals surface area contributed by atoms with E-state index in [4.69, 9.17) is 4.74 Å². The highest BCUT2D eigenvalue weighted by Gasteiger charge is 2.22. The highest BCUT2D eigenvalue weighted by Crippen LogP contribution is 2.18. The number of rotatable bonds is 6. The zero-order chi connectivity index (χ0) is 21.7. The Morgan fingerprint density at radius 1 is 1.10 bits per heavy atom. The minimum atomic E-state index is -3.03. The minimum Gasteiger partial charge on any atom is -0.410 e. The largest absolute Gasteiger partial charge is 0.415 e. The maximum absolute atomic E-state index is 12.5. The summed E-state index contributed by atoms with van der Waals surface area (Å²) in [6, 6.07) is 9.11. The normalized spacial score (nSPS) is 15.8. The molecule has 8 nitrogen and oxygen atoms in total. The molecule has 0 bridgehead atoms. The smallest absolute Gasteiger partial charge is 0.410 e. The highest BCUT2D eigenvalue weighted by molar-refractivity contribution is 7.90. The summed E-state index contributed by atoms with van der Waals surface area (Å²) in [4.78, 5) is 16.5. The van der Waals surface area contributed by atoms with Crippen LogP contribution in [0.15, 0.2) is 30.3 Å².